The van der Waals surface area contributed by atoms with Crippen molar-refractivity contribution < 1.29 is 0 Å². The fraction of sp³-hybridized carbons (Fsp3) is 0.273. The topological polar surface area (TPSA) is 38.0 Å². The van der Waals surface area contributed by atoms with Crippen LogP contribution in [0.2, 0.25) is 0 Å². The molecule has 24 heavy (non-hydrogen) atoms. The largest absolute Gasteiger partial charge is 0.399 e. The number of hydrogen-bond acceptors (Lipinski definition) is 2. The van der Waals surface area contributed by atoms with E-state index in [9.17, 15) is 0 Å². The normalized spacial score (nSPS) is 12.3. The van der Waals surface area contributed by atoms with Crippen LogP contribution >= 0.6 is 0 Å². The molecule has 0 bridgehead atoms. The maximum Gasteiger partial charge on any atom is 0.0423 e. The number of nitrogens with two attached hydrogens (primary N) is 1. The smallest absolute Gasteiger partial charge is 0.0423 e. The summed E-state index contributed by atoms with van der Waals surface area (Å²) >= 11 is 0. The highest BCUT2D eigenvalue weighted by Crippen LogP contribution is 2.23. The second-order valence-corrected chi connectivity index (χ2v) is 6.38. The highest BCUT2D eigenvalue weighted by Gasteiger charge is 2.06. The quantitative estimate of drug-likeness (QED) is 0.627. The van der Waals surface area contributed by atoms with Crippen LogP contribution in [-0.4, -0.2) is 6.54 Å². The number of rotatable bonds is 7. The minimum Gasteiger partial charge on any atom is -0.399 e. The minimum absolute atomic E-state index is 0.606. The first-order valence-corrected chi connectivity index (χ1v) is 8.19. The molecule has 1 aromatic rings. The van der Waals surface area contributed by atoms with E-state index in [0.29, 0.717) is 12.2 Å². The minimum atomic E-state index is 0.606. The Labute approximate surface area is 147 Å². The predicted octanol–water partition coefficient (Wildman–Crippen LogP) is 5.75. The second-order valence-electron chi connectivity index (χ2n) is 6.38. The summed E-state index contributed by atoms with van der Waals surface area (Å²) in [5.41, 5.74) is 14.7. The summed E-state index contributed by atoms with van der Waals surface area (Å²) in [5, 5.41) is 3.50. The third-order valence-corrected chi connectivity index (χ3v) is 3.89. The summed E-state index contributed by atoms with van der Waals surface area (Å²) in [7, 11) is 0. The van der Waals surface area contributed by atoms with Crippen molar-refractivity contribution in [2.24, 2.45) is 5.73 Å². The Balaban J connectivity index is 3.10. The zero-order valence-corrected chi connectivity index (χ0v) is 15.7. The highest BCUT2D eigenvalue weighted by molar-refractivity contribution is 5.70. The molecule has 0 aliphatic rings. The molecule has 1 rings (SSSR count). The zero-order chi connectivity index (χ0) is 18.3. The lowest BCUT2D eigenvalue weighted by molar-refractivity contribution is 1.14. The van der Waals surface area contributed by atoms with E-state index in [4.69, 9.17) is 5.73 Å². The van der Waals surface area contributed by atoms with Crippen LogP contribution in [0, 0.1) is 6.92 Å². The first-order chi connectivity index (χ1) is 11.3. The number of allylic oxidation sites excluding steroid dienone is 6. The van der Waals surface area contributed by atoms with Crippen LogP contribution in [-0.2, 0) is 0 Å². The van der Waals surface area contributed by atoms with Crippen molar-refractivity contribution in [2.45, 2.75) is 34.6 Å². The molecule has 0 spiro atoms. The van der Waals surface area contributed by atoms with Crippen molar-refractivity contribution in [3.8, 4) is 0 Å². The summed E-state index contributed by atoms with van der Waals surface area (Å²) in [6, 6.07) is 6.42. The Morgan fingerprint density at radius 1 is 1.21 bits per heavy atom. The first kappa shape index (κ1) is 19.6. The van der Waals surface area contributed by atoms with Gasteiger partial charge in [-0.3, -0.25) is 0 Å². The molecular formula is C22H30N2. The van der Waals surface area contributed by atoms with Crippen molar-refractivity contribution in [1.29, 1.82) is 0 Å². The predicted molar refractivity (Wildman–Crippen MR) is 109 cm³/mol. The van der Waals surface area contributed by atoms with E-state index in [2.05, 4.69) is 77.4 Å². The molecule has 3 N–H and O–H groups in total. The van der Waals surface area contributed by atoms with Gasteiger partial charge in [-0.1, -0.05) is 49.1 Å². The summed E-state index contributed by atoms with van der Waals surface area (Å²) in [6.07, 6.45) is 5.96. The first-order valence-electron chi connectivity index (χ1n) is 8.19. The molecule has 0 saturated heterocycles. The van der Waals surface area contributed by atoms with Gasteiger partial charge in [-0.25, -0.2) is 0 Å². The van der Waals surface area contributed by atoms with E-state index in [1.165, 1.54) is 22.3 Å². The van der Waals surface area contributed by atoms with E-state index >= 15 is 0 Å². The molecule has 0 atom stereocenters. The van der Waals surface area contributed by atoms with Gasteiger partial charge in [0.05, 0.1) is 0 Å². The summed E-state index contributed by atoms with van der Waals surface area (Å²) < 4.78 is 0. The van der Waals surface area contributed by atoms with Gasteiger partial charge in [-0.15, -0.1) is 0 Å². The molecule has 2 nitrogen and oxygen atoms in total. The molecule has 0 radical (unpaired) electrons. The molecule has 2 heteroatoms. The number of aryl methyl sites for hydroxylation is 1. The van der Waals surface area contributed by atoms with Crippen molar-refractivity contribution >= 4 is 11.3 Å². The average molecular weight is 322 g/mol. The molecule has 0 amide bonds. The third kappa shape index (κ3) is 5.62. The van der Waals surface area contributed by atoms with Crippen LogP contribution in [0.5, 0.6) is 0 Å². The lowest BCUT2D eigenvalue weighted by atomic mass is 10.0. The molecule has 128 valence electrons. The van der Waals surface area contributed by atoms with Crippen LogP contribution in [0.3, 0.4) is 0 Å². The second kappa shape index (κ2) is 8.97. The van der Waals surface area contributed by atoms with Gasteiger partial charge in [-0.05, 0) is 68.5 Å². The van der Waals surface area contributed by atoms with Gasteiger partial charge in [0.2, 0.25) is 0 Å². The summed E-state index contributed by atoms with van der Waals surface area (Å²) in [5.74, 6) is 0. The standard InChI is InChI=1S/C22H30N2/c1-8-9-16(4)20-11-10-17(5)22(13-20)24-14-21(19(7)23)18(6)12-15(2)3/h8-13,24H,1,7,14,23H2,2-6H3/b16-9+,21-18-. The van der Waals surface area contributed by atoms with Crippen molar-refractivity contribution in [3.63, 3.8) is 0 Å². The Bertz CT molecular complexity index is 711. The van der Waals surface area contributed by atoms with E-state index in [1.54, 1.807) is 0 Å². The average Bonchev–Trinajstić information content (AvgIpc) is 2.48. The SMILES string of the molecule is C=C/C=C(\C)c1ccc(C)c(NC/C(C(=C)N)=C(\C)C=C(C)C)c1. The van der Waals surface area contributed by atoms with Gasteiger partial charge in [0, 0.05) is 17.9 Å². The van der Waals surface area contributed by atoms with Crippen LogP contribution in [0.25, 0.3) is 5.57 Å². The van der Waals surface area contributed by atoms with Crippen molar-refractivity contribution in [1.82, 2.24) is 0 Å². The van der Waals surface area contributed by atoms with Crippen LogP contribution in [0.1, 0.15) is 38.8 Å². The molecular weight excluding hydrogens is 292 g/mol. The maximum absolute atomic E-state index is 5.99. The van der Waals surface area contributed by atoms with Gasteiger partial charge in [0.15, 0.2) is 0 Å². The fourth-order valence-electron chi connectivity index (χ4n) is 2.54. The van der Waals surface area contributed by atoms with Gasteiger partial charge in [-0.2, -0.15) is 0 Å². The molecule has 0 saturated carbocycles. The van der Waals surface area contributed by atoms with Crippen molar-refractivity contribution in [2.75, 3.05) is 11.9 Å². The molecule has 1 aromatic carbocycles. The van der Waals surface area contributed by atoms with Gasteiger partial charge in [0.1, 0.15) is 0 Å². The lowest BCUT2D eigenvalue weighted by Crippen LogP contribution is -2.13. The van der Waals surface area contributed by atoms with Gasteiger partial charge in [0.25, 0.3) is 0 Å². The zero-order valence-electron chi connectivity index (χ0n) is 15.7. The molecule has 0 fully saturated rings. The van der Waals surface area contributed by atoms with Crippen LogP contribution < -0.4 is 11.1 Å². The fourth-order valence-corrected chi connectivity index (χ4v) is 2.54. The summed E-state index contributed by atoms with van der Waals surface area (Å²) in [6.45, 7) is 18.7. The van der Waals surface area contributed by atoms with E-state index in [1.807, 2.05) is 12.2 Å². The summed E-state index contributed by atoms with van der Waals surface area (Å²) in [4.78, 5) is 0. The Kier molecular flexibility index (Phi) is 7.31. The lowest BCUT2D eigenvalue weighted by Gasteiger charge is -2.15. The van der Waals surface area contributed by atoms with Gasteiger partial charge >= 0.3 is 0 Å². The highest BCUT2D eigenvalue weighted by atomic mass is 14.9. The molecule has 0 heterocycles. The number of benzene rings is 1. The Morgan fingerprint density at radius 3 is 2.42 bits per heavy atom. The number of nitrogens with one attached hydrogen (secondary N) is 1. The molecule has 0 aliphatic heterocycles. The number of hydrogen-bond donors (Lipinski definition) is 2. The molecule has 0 unspecified atom stereocenters. The van der Waals surface area contributed by atoms with Crippen LogP contribution in [0.4, 0.5) is 5.69 Å². The maximum atomic E-state index is 5.99. The Hall–Kier alpha value is -2.48. The van der Waals surface area contributed by atoms with Gasteiger partial charge < -0.3 is 11.1 Å². The monoisotopic (exact) mass is 322 g/mol. The Morgan fingerprint density at radius 2 is 1.88 bits per heavy atom. The van der Waals surface area contributed by atoms with Crippen molar-refractivity contribution in [3.05, 3.63) is 83.1 Å². The molecule has 0 aliphatic carbocycles. The van der Waals surface area contributed by atoms with E-state index in [0.717, 1.165) is 16.8 Å². The number of anilines is 1. The van der Waals surface area contributed by atoms with E-state index in [-0.39, 0.29) is 0 Å². The third-order valence-electron chi connectivity index (χ3n) is 3.89. The molecule has 0 aromatic heterocycles. The van der Waals surface area contributed by atoms with Crippen LogP contribution in [0.15, 0.2) is 72.0 Å². The van der Waals surface area contributed by atoms with E-state index < -0.39 is 0 Å².